The van der Waals surface area contributed by atoms with Crippen molar-refractivity contribution in [2.45, 2.75) is 50.9 Å². The molecule has 0 spiro atoms. The largest absolute Gasteiger partial charge is 0.458 e. The van der Waals surface area contributed by atoms with E-state index in [1.165, 1.54) is 6.07 Å². The van der Waals surface area contributed by atoms with Crippen molar-refractivity contribution < 1.29 is 53.9 Å². The van der Waals surface area contributed by atoms with Gasteiger partial charge >= 0.3 is 30.1 Å². The van der Waals surface area contributed by atoms with E-state index in [1.54, 1.807) is 0 Å². The van der Waals surface area contributed by atoms with Crippen LogP contribution >= 0.6 is 0 Å². The van der Waals surface area contributed by atoms with Gasteiger partial charge in [0.2, 0.25) is 5.91 Å². The molecule has 0 radical (unpaired) electrons. The minimum absolute atomic E-state index is 0.00663. The summed E-state index contributed by atoms with van der Waals surface area (Å²) < 4.78 is 106. The topological polar surface area (TPSA) is 143 Å². The highest BCUT2D eigenvalue weighted by molar-refractivity contribution is 6.41. The highest BCUT2D eigenvalue weighted by atomic mass is 19.4. The molecule has 2 atom stereocenters. The van der Waals surface area contributed by atoms with Crippen LogP contribution in [-0.4, -0.2) is 53.4 Å². The Kier molecular flexibility index (Phi) is 11.4. The number of fused-ring (bicyclic) bond motifs is 1. The summed E-state index contributed by atoms with van der Waals surface area (Å²) in [5.41, 5.74) is 13.4. The normalized spacial score (nSPS) is 13.6. The lowest BCUT2D eigenvalue weighted by Gasteiger charge is -2.25. The van der Waals surface area contributed by atoms with Gasteiger partial charge < -0.3 is 27.1 Å². The summed E-state index contributed by atoms with van der Waals surface area (Å²) in [5.74, 6) is -7.05. The molecule has 0 aliphatic carbocycles. The highest BCUT2D eigenvalue weighted by Gasteiger charge is 2.54. The van der Waals surface area contributed by atoms with Crippen molar-refractivity contribution in [3.05, 3.63) is 59.8 Å². The fourth-order valence-electron chi connectivity index (χ4n) is 3.75. The van der Waals surface area contributed by atoms with Crippen LogP contribution in [0.1, 0.15) is 25.0 Å². The zero-order valence-corrected chi connectivity index (χ0v) is 23.0. The molecule has 2 aromatic carbocycles. The number of hydrogen-bond donors (Lipinski definition) is 5. The average molecular weight is 642 g/mol. The quantitative estimate of drug-likeness (QED) is 0.124. The lowest BCUT2D eigenvalue weighted by atomic mass is 10.0. The molecule has 1 amide bonds. The summed E-state index contributed by atoms with van der Waals surface area (Å²) in [6.07, 6.45) is -13.8. The maximum atomic E-state index is 12.9. The lowest BCUT2D eigenvalue weighted by molar-refractivity contribution is -0.193. The number of amides is 1. The number of hydrogen-bond acceptors (Lipinski definition) is 6. The molecule has 8 nitrogen and oxygen atoms in total. The number of carbonyl (C=O) groups is 3. The van der Waals surface area contributed by atoms with Gasteiger partial charge in [0, 0.05) is 29.7 Å². The highest BCUT2D eigenvalue weighted by Crippen LogP contribution is 2.33. The first-order chi connectivity index (χ1) is 20.1. The Morgan fingerprint density at radius 1 is 0.886 bits per heavy atom. The number of H-pyrrole nitrogens is 1. The van der Waals surface area contributed by atoms with E-state index in [2.05, 4.69) is 15.6 Å². The van der Waals surface area contributed by atoms with Gasteiger partial charge in [0.15, 0.2) is 0 Å². The number of aromatic amines is 1. The van der Waals surface area contributed by atoms with Gasteiger partial charge in [0.1, 0.15) is 0 Å². The van der Waals surface area contributed by atoms with Gasteiger partial charge in [-0.25, -0.2) is 0 Å². The number of halogens is 9. The fourth-order valence-corrected chi connectivity index (χ4v) is 3.75. The maximum Gasteiger partial charge on any atom is 0.458 e. The van der Waals surface area contributed by atoms with Crippen LogP contribution < -0.4 is 22.1 Å². The number of nitrogens with two attached hydrogens (primary N) is 2. The minimum atomic E-state index is -5.77. The van der Waals surface area contributed by atoms with Crippen molar-refractivity contribution >= 4 is 39.8 Å². The van der Waals surface area contributed by atoms with Crippen LogP contribution in [0.4, 0.5) is 50.9 Å². The molecule has 0 saturated heterocycles. The van der Waals surface area contributed by atoms with Crippen LogP contribution in [-0.2, 0) is 27.0 Å². The average Bonchev–Trinajstić information content (AvgIpc) is 3.31. The summed E-state index contributed by atoms with van der Waals surface area (Å²) in [4.78, 5) is 35.0. The van der Waals surface area contributed by atoms with Gasteiger partial charge in [-0.1, -0.05) is 32.0 Å². The molecular weight excluding hydrogens is 613 g/mol. The Balaban J connectivity index is 0.000000477. The molecule has 0 fully saturated rings. The summed E-state index contributed by atoms with van der Waals surface area (Å²) in [5, 5.41) is 7.00. The van der Waals surface area contributed by atoms with E-state index in [4.69, 9.17) is 11.5 Å². The molecule has 3 aromatic rings. The zero-order valence-electron chi connectivity index (χ0n) is 23.0. The second-order valence-corrected chi connectivity index (χ2v) is 9.86. The second-order valence-electron chi connectivity index (χ2n) is 9.86. The Morgan fingerprint density at radius 3 is 1.95 bits per heavy atom. The second kappa shape index (κ2) is 14.0. The molecule has 0 unspecified atom stereocenters. The third-order valence-electron chi connectivity index (χ3n) is 6.19. The van der Waals surface area contributed by atoms with Crippen molar-refractivity contribution in [2.75, 3.05) is 17.6 Å². The van der Waals surface area contributed by atoms with E-state index in [9.17, 15) is 53.9 Å². The fraction of sp³-hybridized carbons (Fsp3) is 0.370. The van der Waals surface area contributed by atoms with Crippen LogP contribution in [0.5, 0.6) is 0 Å². The van der Waals surface area contributed by atoms with Crippen molar-refractivity contribution in [3.63, 3.8) is 0 Å². The number of Topliss-reactive ketones (excluding diaryl/α,β-unsaturated/α-hetero) is 2. The standard InChI is InChI=1S/C23H28F3N5O.C4F6O2/c1-13(2)21(31-20-8-7-15(10-17(20)27)23(24,25)26)12-30-22(32)18(28)9-14-11-29-19-6-4-3-5-16(14)19;5-3(6,7)1(11)2(12)4(8,9)10/h3-8,10-11,13,18,21,29,31H,9,12,27-28H2,1-2H3,(H,30,32);/t18-,21-;/m0./s1. The van der Waals surface area contributed by atoms with Crippen molar-refractivity contribution in [1.29, 1.82) is 0 Å². The minimum Gasteiger partial charge on any atom is -0.397 e. The van der Waals surface area contributed by atoms with E-state index in [0.717, 1.165) is 28.6 Å². The number of ketones is 2. The number of anilines is 2. The van der Waals surface area contributed by atoms with Gasteiger partial charge in [-0.2, -0.15) is 39.5 Å². The molecule has 0 saturated carbocycles. The van der Waals surface area contributed by atoms with Gasteiger partial charge in [0.05, 0.1) is 23.0 Å². The Hall–Kier alpha value is -4.28. The molecule has 0 bridgehead atoms. The first-order valence-electron chi connectivity index (χ1n) is 12.7. The third kappa shape index (κ3) is 9.89. The van der Waals surface area contributed by atoms with Crippen LogP contribution in [0.2, 0.25) is 0 Å². The number of benzene rings is 2. The molecule has 3 rings (SSSR count). The van der Waals surface area contributed by atoms with Crippen molar-refractivity contribution in [2.24, 2.45) is 11.7 Å². The Bertz CT molecular complexity index is 1440. The molecule has 1 aromatic heterocycles. The number of nitrogens with one attached hydrogen (secondary N) is 3. The van der Waals surface area contributed by atoms with Gasteiger partial charge in [0.25, 0.3) is 0 Å². The summed E-state index contributed by atoms with van der Waals surface area (Å²) >= 11 is 0. The van der Waals surface area contributed by atoms with Gasteiger partial charge in [-0.05, 0) is 42.2 Å². The number of para-hydroxylation sites is 1. The van der Waals surface area contributed by atoms with Gasteiger partial charge in [-0.15, -0.1) is 0 Å². The summed E-state index contributed by atoms with van der Waals surface area (Å²) in [6, 6.07) is 9.97. The van der Waals surface area contributed by atoms with Crippen molar-refractivity contribution in [1.82, 2.24) is 10.3 Å². The van der Waals surface area contributed by atoms with Crippen LogP contribution in [0.25, 0.3) is 10.9 Å². The molecular formula is C27H28F9N5O3. The third-order valence-corrected chi connectivity index (χ3v) is 6.19. The molecule has 0 aliphatic heterocycles. The van der Waals surface area contributed by atoms with E-state index in [-0.39, 0.29) is 30.1 Å². The molecule has 44 heavy (non-hydrogen) atoms. The predicted molar refractivity (Wildman–Crippen MR) is 143 cm³/mol. The number of aromatic nitrogens is 1. The number of carbonyl (C=O) groups excluding carboxylic acids is 3. The Morgan fingerprint density at radius 2 is 1.45 bits per heavy atom. The van der Waals surface area contributed by atoms with Crippen LogP contribution in [0.3, 0.4) is 0 Å². The number of alkyl halides is 9. The maximum absolute atomic E-state index is 12.9. The smallest absolute Gasteiger partial charge is 0.397 e. The molecule has 17 heteroatoms. The molecule has 1 heterocycles. The molecule has 0 aliphatic rings. The first kappa shape index (κ1) is 35.9. The van der Waals surface area contributed by atoms with Crippen molar-refractivity contribution in [3.8, 4) is 0 Å². The molecule has 7 N–H and O–H groups in total. The number of nitrogen functional groups attached to an aromatic ring is 1. The van der Waals surface area contributed by atoms with Crippen LogP contribution in [0, 0.1) is 5.92 Å². The molecule has 242 valence electrons. The van der Waals surface area contributed by atoms with Gasteiger partial charge in [-0.3, -0.25) is 14.4 Å². The zero-order chi connectivity index (χ0) is 33.6. The van der Waals surface area contributed by atoms with E-state index >= 15 is 0 Å². The van der Waals surface area contributed by atoms with E-state index in [1.807, 2.05) is 44.3 Å². The summed E-state index contributed by atoms with van der Waals surface area (Å²) in [6.45, 7) is 4.13. The monoisotopic (exact) mass is 641 g/mol. The predicted octanol–water partition coefficient (Wildman–Crippen LogP) is 5.14. The summed E-state index contributed by atoms with van der Waals surface area (Å²) in [7, 11) is 0. The SMILES string of the molecule is CC(C)[C@H](CNC(=O)[C@@H](N)Cc1c[nH]c2ccccc12)Nc1ccc(C(F)(F)F)cc1N.O=C(C(=O)C(F)(F)F)C(F)(F)F. The van der Waals surface area contributed by atoms with E-state index in [0.29, 0.717) is 12.1 Å². The first-order valence-corrected chi connectivity index (χ1v) is 12.7. The Labute approximate surface area is 244 Å². The van der Waals surface area contributed by atoms with E-state index < -0.39 is 41.7 Å². The number of rotatable bonds is 9. The lowest BCUT2D eigenvalue weighted by Crippen LogP contribution is -2.47. The van der Waals surface area contributed by atoms with Crippen LogP contribution in [0.15, 0.2) is 48.7 Å².